The van der Waals surface area contributed by atoms with Crippen LogP contribution in [0.5, 0.6) is 0 Å². The SMILES string of the molecule is CC(C)NCc1ccc(Cl)cc1N(C)Cc1cscn1. The fourth-order valence-corrected chi connectivity index (χ4v) is 2.72. The van der Waals surface area contributed by atoms with Crippen LogP contribution in [0.4, 0.5) is 5.69 Å². The highest BCUT2D eigenvalue weighted by Gasteiger charge is 2.10. The smallest absolute Gasteiger partial charge is 0.0795 e. The van der Waals surface area contributed by atoms with Gasteiger partial charge in [0.2, 0.25) is 0 Å². The Hall–Kier alpha value is -1.10. The number of halogens is 1. The molecule has 0 unspecified atom stereocenters. The standard InChI is InChI=1S/C15H20ClN3S/c1-11(2)17-7-12-4-5-13(16)6-15(12)19(3)8-14-9-20-10-18-14/h4-6,9-11,17H,7-8H2,1-3H3. The molecule has 0 aliphatic rings. The summed E-state index contributed by atoms with van der Waals surface area (Å²) < 4.78 is 0. The van der Waals surface area contributed by atoms with Crippen LogP contribution in [-0.2, 0) is 13.1 Å². The number of aromatic nitrogens is 1. The molecule has 0 spiro atoms. The molecule has 0 aliphatic heterocycles. The number of benzene rings is 1. The zero-order chi connectivity index (χ0) is 14.5. The van der Waals surface area contributed by atoms with Crippen LogP contribution in [0.25, 0.3) is 0 Å². The first-order valence-electron chi connectivity index (χ1n) is 6.66. The Balaban J connectivity index is 2.17. The number of anilines is 1. The van der Waals surface area contributed by atoms with Crippen molar-refractivity contribution in [1.82, 2.24) is 10.3 Å². The van der Waals surface area contributed by atoms with E-state index in [1.54, 1.807) is 11.3 Å². The Labute approximate surface area is 129 Å². The fourth-order valence-electron chi connectivity index (χ4n) is 2.00. The molecule has 0 saturated carbocycles. The van der Waals surface area contributed by atoms with Crippen molar-refractivity contribution in [1.29, 1.82) is 0 Å². The lowest BCUT2D eigenvalue weighted by Gasteiger charge is -2.23. The number of hydrogen-bond acceptors (Lipinski definition) is 4. The number of nitrogens with one attached hydrogen (secondary N) is 1. The largest absolute Gasteiger partial charge is 0.368 e. The summed E-state index contributed by atoms with van der Waals surface area (Å²) in [5.74, 6) is 0. The van der Waals surface area contributed by atoms with Crippen molar-refractivity contribution in [2.75, 3.05) is 11.9 Å². The van der Waals surface area contributed by atoms with E-state index in [1.807, 2.05) is 17.6 Å². The van der Waals surface area contributed by atoms with Crippen LogP contribution in [0.1, 0.15) is 25.1 Å². The predicted molar refractivity (Wildman–Crippen MR) is 87.6 cm³/mol. The average Bonchev–Trinajstić information content (AvgIpc) is 2.89. The van der Waals surface area contributed by atoms with E-state index < -0.39 is 0 Å². The molecule has 1 heterocycles. The summed E-state index contributed by atoms with van der Waals surface area (Å²) in [6.45, 7) is 5.92. The van der Waals surface area contributed by atoms with Crippen molar-refractivity contribution in [2.24, 2.45) is 0 Å². The van der Waals surface area contributed by atoms with E-state index in [0.29, 0.717) is 6.04 Å². The Bertz CT molecular complexity index is 540. The molecule has 0 saturated heterocycles. The van der Waals surface area contributed by atoms with Crippen molar-refractivity contribution >= 4 is 28.6 Å². The third kappa shape index (κ3) is 4.20. The van der Waals surface area contributed by atoms with Gasteiger partial charge in [-0.05, 0) is 17.7 Å². The quantitative estimate of drug-likeness (QED) is 0.876. The maximum Gasteiger partial charge on any atom is 0.0795 e. The minimum absolute atomic E-state index is 0.461. The topological polar surface area (TPSA) is 28.2 Å². The fraction of sp³-hybridized carbons (Fsp3) is 0.400. The number of rotatable bonds is 6. The second kappa shape index (κ2) is 7.07. The summed E-state index contributed by atoms with van der Waals surface area (Å²) in [7, 11) is 2.07. The Morgan fingerprint density at radius 2 is 2.20 bits per heavy atom. The van der Waals surface area contributed by atoms with E-state index in [-0.39, 0.29) is 0 Å². The van der Waals surface area contributed by atoms with Crippen molar-refractivity contribution in [2.45, 2.75) is 33.0 Å². The minimum Gasteiger partial charge on any atom is -0.368 e. The van der Waals surface area contributed by atoms with Crippen LogP contribution in [0.3, 0.4) is 0 Å². The van der Waals surface area contributed by atoms with Gasteiger partial charge in [-0.1, -0.05) is 31.5 Å². The first kappa shape index (κ1) is 15.3. The normalized spacial score (nSPS) is 11.1. The van der Waals surface area contributed by atoms with Gasteiger partial charge in [0.15, 0.2) is 0 Å². The van der Waals surface area contributed by atoms with Gasteiger partial charge in [-0.15, -0.1) is 11.3 Å². The third-order valence-electron chi connectivity index (χ3n) is 3.04. The average molecular weight is 310 g/mol. The Kier molecular flexibility index (Phi) is 5.40. The summed E-state index contributed by atoms with van der Waals surface area (Å²) >= 11 is 7.77. The van der Waals surface area contributed by atoms with Gasteiger partial charge in [0, 0.05) is 35.7 Å². The van der Waals surface area contributed by atoms with Crippen LogP contribution in [0, 0.1) is 0 Å². The molecule has 108 valence electrons. The third-order valence-corrected chi connectivity index (χ3v) is 3.91. The zero-order valence-corrected chi connectivity index (χ0v) is 13.6. The lowest BCUT2D eigenvalue weighted by Crippen LogP contribution is -2.24. The second-order valence-electron chi connectivity index (χ2n) is 5.14. The summed E-state index contributed by atoms with van der Waals surface area (Å²) in [4.78, 5) is 6.53. The molecule has 0 bridgehead atoms. The highest BCUT2D eigenvalue weighted by Crippen LogP contribution is 2.25. The maximum absolute atomic E-state index is 6.14. The molecule has 20 heavy (non-hydrogen) atoms. The molecule has 3 nitrogen and oxygen atoms in total. The van der Waals surface area contributed by atoms with Crippen molar-refractivity contribution < 1.29 is 0 Å². The first-order chi connectivity index (χ1) is 9.56. The van der Waals surface area contributed by atoms with Crippen molar-refractivity contribution in [3.8, 4) is 0 Å². The summed E-state index contributed by atoms with van der Waals surface area (Å²) in [6.07, 6.45) is 0. The molecule has 0 fully saturated rings. The molecule has 0 amide bonds. The highest BCUT2D eigenvalue weighted by atomic mass is 35.5. The molecule has 5 heteroatoms. The van der Waals surface area contributed by atoms with Crippen LogP contribution in [0.2, 0.25) is 5.02 Å². The van der Waals surface area contributed by atoms with Crippen LogP contribution in [-0.4, -0.2) is 18.1 Å². The maximum atomic E-state index is 6.14. The molecular weight excluding hydrogens is 290 g/mol. The van der Waals surface area contributed by atoms with E-state index in [0.717, 1.165) is 29.5 Å². The van der Waals surface area contributed by atoms with Gasteiger partial charge >= 0.3 is 0 Å². The van der Waals surface area contributed by atoms with Gasteiger partial charge in [0.1, 0.15) is 0 Å². The lowest BCUT2D eigenvalue weighted by atomic mass is 10.1. The summed E-state index contributed by atoms with van der Waals surface area (Å²) in [5, 5.41) is 6.29. The molecule has 1 aromatic heterocycles. The van der Waals surface area contributed by atoms with E-state index in [4.69, 9.17) is 11.6 Å². The number of thiazole rings is 1. The van der Waals surface area contributed by atoms with Gasteiger partial charge < -0.3 is 10.2 Å². The van der Waals surface area contributed by atoms with Gasteiger partial charge in [-0.2, -0.15) is 0 Å². The molecule has 0 atom stereocenters. The van der Waals surface area contributed by atoms with Gasteiger partial charge in [-0.3, -0.25) is 0 Å². The number of nitrogens with zero attached hydrogens (tertiary/aromatic N) is 2. The number of hydrogen-bond donors (Lipinski definition) is 1. The first-order valence-corrected chi connectivity index (χ1v) is 7.98. The monoisotopic (exact) mass is 309 g/mol. The highest BCUT2D eigenvalue weighted by molar-refractivity contribution is 7.07. The van der Waals surface area contributed by atoms with Gasteiger partial charge in [0.25, 0.3) is 0 Å². The summed E-state index contributed by atoms with van der Waals surface area (Å²) in [5.41, 5.74) is 5.35. The molecule has 0 aliphatic carbocycles. The van der Waals surface area contributed by atoms with Crippen LogP contribution < -0.4 is 10.2 Å². The molecular formula is C15H20ClN3S. The van der Waals surface area contributed by atoms with Crippen LogP contribution in [0.15, 0.2) is 29.1 Å². The molecule has 2 aromatic rings. The molecule has 1 aromatic carbocycles. The lowest BCUT2D eigenvalue weighted by molar-refractivity contribution is 0.588. The summed E-state index contributed by atoms with van der Waals surface area (Å²) in [6, 6.07) is 6.51. The van der Waals surface area contributed by atoms with E-state index in [9.17, 15) is 0 Å². The van der Waals surface area contributed by atoms with E-state index in [2.05, 4.69) is 47.5 Å². The van der Waals surface area contributed by atoms with Crippen LogP contribution >= 0.6 is 22.9 Å². The van der Waals surface area contributed by atoms with Crippen molar-refractivity contribution in [3.63, 3.8) is 0 Å². The van der Waals surface area contributed by atoms with Gasteiger partial charge in [0.05, 0.1) is 17.7 Å². The van der Waals surface area contributed by atoms with E-state index >= 15 is 0 Å². The zero-order valence-electron chi connectivity index (χ0n) is 12.1. The molecule has 0 radical (unpaired) electrons. The Morgan fingerprint density at radius 3 is 2.85 bits per heavy atom. The minimum atomic E-state index is 0.461. The second-order valence-corrected chi connectivity index (χ2v) is 6.30. The van der Waals surface area contributed by atoms with E-state index in [1.165, 1.54) is 5.56 Å². The molecule has 2 rings (SSSR count). The van der Waals surface area contributed by atoms with Crippen molar-refractivity contribution in [3.05, 3.63) is 45.4 Å². The Morgan fingerprint density at radius 1 is 1.40 bits per heavy atom. The molecule has 1 N–H and O–H groups in total. The van der Waals surface area contributed by atoms with Gasteiger partial charge in [-0.25, -0.2) is 4.98 Å². The predicted octanol–water partition coefficient (Wildman–Crippen LogP) is 3.93.